The van der Waals surface area contributed by atoms with Crippen LogP contribution in [0.15, 0.2) is 48.5 Å². The van der Waals surface area contributed by atoms with E-state index in [0.717, 1.165) is 11.1 Å². The van der Waals surface area contributed by atoms with Gasteiger partial charge in [-0.2, -0.15) is 0 Å². The number of ether oxygens (including phenoxy) is 1. The lowest BCUT2D eigenvalue weighted by Crippen LogP contribution is -2.26. The first-order valence-electron chi connectivity index (χ1n) is 7.81. The molecule has 5 nitrogen and oxygen atoms in total. The van der Waals surface area contributed by atoms with Crippen molar-refractivity contribution in [2.75, 3.05) is 25.6 Å². The molecule has 0 aliphatic heterocycles. The van der Waals surface area contributed by atoms with Gasteiger partial charge in [-0.1, -0.05) is 24.3 Å². The predicted molar refractivity (Wildman–Crippen MR) is 94.2 cm³/mol. The highest BCUT2D eigenvalue weighted by Gasteiger charge is 2.08. The molecule has 0 aromatic heterocycles. The average molecular weight is 326 g/mol. The molecule has 0 fully saturated rings. The summed E-state index contributed by atoms with van der Waals surface area (Å²) in [5, 5.41) is 5.59. The van der Waals surface area contributed by atoms with Crippen molar-refractivity contribution in [3.05, 3.63) is 65.2 Å². The van der Waals surface area contributed by atoms with Gasteiger partial charge in [-0.15, -0.1) is 0 Å². The molecule has 2 aromatic carbocycles. The Morgan fingerprint density at radius 1 is 1.04 bits per heavy atom. The second kappa shape index (κ2) is 8.84. The lowest BCUT2D eigenvalue weighted by Gasteiger charge is -2.08. The monoisotopic (exact) mass is 326 g/mol. The summed E-state index contributed by atoms with van der Waals surface area (Å²) in [5.41, 5.74) is 3.31. The number of benzene rings is 2. The van der Waals surface area contributed by atoms with Gasteiger partial charge in [-0.05, 0) is 42.3 Å². The molecule has 126 valence electrons. The standard InChI is InChI=1S/C19H22N2O3/c1-14-5-3-4-6-16(14)13-18(22)21-17-9-7-15(8-10-17)19(23)20-11-12-24-2/h3-10H,11-13H2,1-2H3,(H,20,23)(H,21,22). The van der Waals surface area contributed by atoms with Gasteiger partial charge in [0.15, 0.2) is 0 Å². The van der Waals surface area contributed by atoms with Gasteiger partial charge in [0.1, 0.15) is 0 Å². The van der Waals surface area contributed by atoms with Crippen LogP contribution in [0.4, 0.5) is 5.69 Å². The number of rotatable bonds is 7. The molecule has 0 saturated carbocycles. The van der Waals surface area contributed by atoms with Crippen molar-refractivity contribution in [3.63, 3.8) is 0 Å². The number of carbonyl (C=O) groups excluding carboxylic acids is 2. The van der Waals surface area contributed by atoms with Crippen LogP contribution in [0.1, 0.15) is 21.5 Å². The zero-order chi connectivity index (χ0) is 17.4. The highest BCUT2D eigenvalue weighted by Crippen LogP contribution is 2.12. The number of methoxy groups -OCH3 is 1. The zero-order valence-electron chi connectivity index (χ0n) is 14.0. The van der Waals surface area contributed by atoms with E-state index in [1.807, 2.05) is 31.2 Å². The van der Waals surface area contributed by atoms with Crippen LogP contribution < -0.4 is 10.6 Å². The van der Waals surface area contributed by atoms with Gasteiger partial charge >= 0.3 is 0 Å². The molecule has 0 aliphatic rings. The Hall–Kier alpha value is -2.66. The molecule has 0 saturated heterocycles. The zero-order valence-corrected chi connectivity index (χ0v) is 14.0. The minimum absolute atomic E-state index is 0.0819. The maximum atomic E-state index is 12.1. The normalized spacial score (nSPS) is 10.2. The number of nitrogens with one attached hydrogen (secondary N) is 2. The van der Waals surface area contributed by atoms with Gasteiger partial charge < -0.3 is 15.4 Å². The van der Waals surface area contributed by atoms with E-state index in [0.29, 0.717) is 30.8 Å². The van der Waals surface area contributed by atoms with Crippen molar-refractivity contribution in [2.24, 2.45) is 0 Å². The molecule has 5 heteroatoms. The van der Waals surface area contributed by atoms with Crippen LogP contribution in [-0.4, -0.2) is 32.1 Å². The maximum absolute atomic E-state index is 12.1. The van der Waals surface area contributed by atoms with E-state index in [2.05, 4.69) is 10.6 Å². The van der Waals surface area contributed by atoms with E-state index < -0.39 is 0 Å². The van der Waals surface area contributed by atoms with E-state index in [1.165, 1.54) is 0 Å². The molecular formula is C19H22N2O3. The quantitative estimate of drug-likeness (QED) is 0.769. The van der Waals surface area contributed by atoms with Gasteiger partial charge in [-0.3, -0.25) is 9.59 Å². The minimum Gasteiger partial charge on any atom is -0.383 e. The number of anilines is 1. The van der Waals surface area contributed by atoms with Crippen molar-refractivity contribution in [1.82, 2.24) is 5.32 Å². The topological polar surface area (TPSA) is 67.4 Å². The number of amides is 2. The Morgan fingerprint density at radius 3 is 2.42 bits per heavy atom. The lowest BCUT2D eigenvalue weighted by atomic mass is 10.1. The van der Waals surface area contributed by atoms with Crippen LogP contribution in [-0.2, 0) is 16.0 Å². The number of carbonyl (C=O) groups is 2. The Bertz CT molecular complexity index is 696. The third-order valence-electron chi connectivity index (χ3n) is 3.63. The Labute approximate surface area is 142 Å². The fourth-order valence-corrected chi connectivity index (χ4v) is 2.26. The lowest BCUT2D eigenvalue weighted by molar-refractivity contribution is -0.115. The Morgan fingerprint density at radius 2 is 1.75 bits per heavy atom. The fourth-order valence-electron chi connectivity index (χ4n) is 2.26. The molecule has 0 unspecified atom stereocenters. The van der Waals surface area contributed by atoms with Crippen molar-refractivity contribution in [2.45, 2.75) is 13.3 Å². The molecule has 24 heavy (non-hydrogen) atoms. The van der Waals surface area contributed by atoms with Crippen molar-refractivity contribution < 1.29 is 14.3 Å². The highest BCUT2D eigenvalue weighted by molar-refractivity contribution is 5.96. The van der Waals surface area contributed by atoms with Crippen LogP contribution in [0.3, 0.4) is 0 Å². The highest BCUT2D eigenvalue weighted by atomic mass is 16.5. The summed E-state index contributed by atoms with van der Waals surface area (Å²) in [4.78, 5) is 24.0. The third-order valence-corrected chi connectivity index (χ3v) is 3.63. The summed E-state index contributed by atoms with van der Waals surface area (Å²) in [6, 6.07) is 14.6. The largest absolute Gasteiger partial charge is 0.383 e. The van der Waals surface area contributed by atoms with E-state index >= 15 is 0 Å². The van der Waals surface area contributed by atoms with Crippen molar-refractivity contribution in [3.8, 4) is 0 Å². The van der Waals surface area contributed by atoms with Gasteiger partial charge in [0.25, 0.3) is 5.91 Å². The van der Waals surface area contributed by atoms with E-state index in [-0.39, 0.29) is 11.8 Å². The second-order valence-electron chi connectivity index (χ2n) is 5.48. The summed E-state index contributed by atoms with van der Waals surface area (Å²) in [7, 11) is 1.58. The molecule has 0 aliphatic carbocycles. The minimum atomic E-state index is -0.162. The van der Waals surface area contributed by atoms with Gasteiger partial charge in [0.2, 0.25) is 5.91 Å². The first kappa shape index (κ1) is 17.7. The van der Waals surface area contributed by atoms with Crippen LogP contribution in [0.2, 0.25) is 0 Å². The molecule has 2 amide bonds. The molecule has 0 bridgehead atoms. The number of hydrogen-bond acceptors (Lipinski definition) is 3. The van der Waals surface area contributed by atoms with Crippen LogP contribution in [0.5, 0.6) is 0 Å². The summed E-state index contributed by atoms with van der Waals surface area (Å²) in [5.74, 6) is -0.244. The van der Waals surface area contributed by atoms with Crippen LogP contribution in [0, 0.1) is 6.92 Å². The molecule has 2 N–H and O–H groups in total. The van der Waals surface area contributed by atoms with Crippen LogP contribution >= 0.6 is 0 Å². The van der Waals surface area contributed by atoms with E-state index in [1.54, 1.807) is 31.4 Å². The Kier molecular flexibility index (Phi) is 6.51. The average Bonchev–Trinajstić information content (AvgIpc) is 2.58. The summed E-state index contributed by atoms with van der Waals surface area (Å²) < 4.78 is 4.89. The molecule has 0 atom stereocenters. The van der Waals surface area contributed by atoms with Crippen molar-refractivity contribution in [1.29, 1.82) is 0 Å². The molecule has 0 radical (unpaired) electrons. The third kappa shape index (κ3) is 5.21. The molecular weight excluding hydrogens is 304 g/mol. The van der Waals surface area contributed by atoms with Crippen molar-refractivity contribution >= 4 is 17.5 Å². The maximum Gasteiger partial charge on any atom is 0.251 e. The first-order chi connectivity index (χ1) is 11.6. The first-order valence-corrected chi connectivity index (χ1v) is 7.81. The molecule has 0 heterocycles. The van der Waals surface area contributed by atoms with Gasteiger partial charge in [-0.25, -0.2) is 0 Å². The fraction of sp³-hybridized carbons (Fsp3) is 0.263. The molecule has 2 aromatic rings. The van der Waals surface area contributed by atoms with E-state index in [4.69, 9.17) is 4.74 Å². The van der Waals surface area contributed by atoms with E-state index in [9.17, 15) is 9.59 Å². The van der Waals surface area contributed by atoms with Gasteiger partial charge in [0.05, 0.1) is 13.0 Å². The Balaban J connectivity index is 1.90. The SMILES string of the molecule is COCCNC(=O)c1ccc(NC(=O)Cc2ccccc2C)cc1. The predicted octanol–water partition coefficient (Wildman–Crippen LogP) is 2.55. The summed E-state index contributed by atoms with van der Waals surface area (Å²) in [6.07, 6.45) is 0.325. The number of aryl methyl sites for hydroxylation is 1. The summed E-state index contributed by atoms with van der Waals surface area (Å²) >= 11 is 0. The number of hydrogen-bond donors (Lipinski definition) is 2. The summed E-state index contributed by atoms with van der Waals surface area (Å²) in [6.45, 7) is 2.92. The smallest absolute Gasteiger partial charge is 0.251 e. The second-order valence-corrected chi connectivity index (χ2v) is 5.48. The van der Waals surface area contributed by atoms with Gasteiger partial charge in [0, 0.05) is 24.9 Å². The molecule has 2 rings (SSSR count). The van der Waals surface area contributed by atoms with Crippen LogP contribution in [0.25, 0.3) is 0 Å². The molecule has 0 spiro atoms.